The van der Waals surface area contributed by atoms with Gasteiger partial charge in [0.1, 0.15) is 23.8 Å². The van der Waals surface area contributed by atoms with Crippen LogP contribution >= 0.6 is 0 Å². The van der Waals surface area contributed by atoms with E-state index in [1.807, 2.05) is 0 Å². The molecule has 7 heteroatoms. The van der Waals surface area contributed by atoms with Gasteiger partial charge in [-0.2, -0.15) is 5.10 Å². The van der Waals surface area contributed by atoms with Crippen LogP contribution in [0, 0.1) is 11.6 Å². The highest BCUT2D eigenvalue weighted by Crippen LogP contribution is 2.15. The van der Waals surface area contributed by atoms with Gasteiger partial charge in [0.2, 0.25) is 5.91 Å². The normalized spacial score (nSPS) is 10.6. The van der Waals surface area contributed by atoms with Crippen molar-refractivity contribution in [2.45, 2.75) is 26.3 Å². The minimum atomic E-state index is -0.642. The van der Waals surface area contributed by atoms with Crippen LogP contribution in [0.2, 0.25) is 0 Å². The van der Waals surface area contributed by atoms with Crippen molar-refractivity contribution in [3.63, 3.8) is 0 Å². The Hall–Kier alpha value is -2.31. The lowest BCUT2D eigenvalue weighted by Crippen LogP contribution is -2.31. The SMILES string of the molecule is CCN(Cc1c(F)cccc1F)C(=O)CCc1ncn[nH]1. The Morgan fingerprint density at radius 3 is 2.62 bits per heavy atom. The Kier molecular flexibility index (Phi) is 4.97. The van der Waals surface area contributed by atoms with Gasteiger partial charge in [0, 0.05) is 24.9 Å². The van der Waals surface area contributed by atoms with E-state index in [4.69, 9.17) is 0 Å². The maximum absolute atomic E-state index is 13.6. The number of benzene rings is 1. The summed E-state index contributed by atoms with van der Waals surface area (Å²) in [4.78, 5) is 17.5. The first-order valence-corrected chi connectivity index (χ1v) is 6.66. The number of hydrogen-bond donors (Lipinski definition) is 1. The third kappa shape index (κ3) is 3.84. The molecule has 0 bridgehead atoms. The molecule has 0 aliphatic heterocycles. The molecule has 2 rings (SSSR count). The van der Waals surface area contributed by atoms with Crippen LogP contribution in [-0.2, 0) is 17.8 Å². The van der Waals surface area contributed by atoms with Crippen LogP contribution in [0.25, 0.3) is 0 Å². The minimum absolute atomic E-state index is 0.0791. The average molecular weight is 294 g/mol. The quantitative estimate of drug-likeness (QED) is 0.887. The molecule has 1 aromatic heterocycles. The zero-order valence-electron chi connectivity index (χ0n) is 11.6. The maximum Gasteiger partial charge on any atom is 0.223 e. The number of amides is 1. The van der Waals surface area contributed by atoms with Crippen molar-refractivity contribution >= 4 is 5.91 Å². The van der Waals surface area contributed by atoms with Gasteiger partial charge in [-0.1, -0.05) is 6.07 Å². The van der Waals surface area contributed by atoms with E-state index in [9.17, 15) is 13.6 Å². The minimum Gasteiger partial charge on any atom is -0.338 e. The van der Waals surface area contributed by atoms with Gasteiger partial charge >= 0.3 is 0 Å². The maximum atomic E-state index is 13.6. The van der Waals surface area contributed by atoms with Gasteiger partial charge in [-0.25, -0.2) is 13.8 Å². The van der Waals surface area contributed by atoms with Gasteiger partial charge < -0.3 is 4.90 Å². The molecule has 1 heterocycles. The first-order valence-electron chi connectivity index (χ1n) is 6.66. The van der Waals surface area contributed by atoms with Crippen LogP contribution in [0.4, 0.5) is 8.78 Å². The van der Waals surface area contributed by atoms with Crippen LogP contribution in [-0.4, -0.2) is 32.5 Å². The second kappa shape index (κ2) is 6.92. The number of carbonyl (C=O) groups excluding carboxylic acids is 1. The Morgan fingerprint density at radius 1 is 1.33 bits per heavy atom. The lowest BCUT2D eigenvalue weighted by atomic mass is 10.1. The van der Waals surface area contributed by atoms with Gasteiger partial charge in [0.15, 0.2) is 0 Å². The topological polar surface area (TPSA) is 61.9 Å². The zero-order valence-corrected chi connectivity index (χ0v) is 11.6. The zero-order chi connectivity index (χ0) is 15.2. The molecule has 0 saturated heterocycles. The van der Waals surface area contributed by atoms with E-state index >= 15 is 0 Å². The van der Waals surface area contributed by atoms with Crippen LogP contribution in [0.3, 0.4) is 0 Å². The fourth-order valence-electron chi connectivity index (χ4n) is 1.99. The predicted octanol–water partition coefficient (Wildman–Crippen LogP) is 2.06. The molecule has 112 valence electrons. The van der Waals surface area contributed by atoms with Gasteiger partial charge in [0.25, 0.3) is 0 Å². The molecular weight excluding hydrogens is 278 g/mol. The third-order valence-corrected chi connectivity index (χ3v) is 3.19. The highest BCUT2D eigenvalue weighted by Gasteiger charge is 2.17. The fraction of sp³-hybridized carbons (Fsp3) is 0.357. The number of aromatic nitrogens is 3. The molecule has 1 N–H and O–H groups in total. The standard InChI is InChI=1S/C14H16F2N4O/c1-2-20(8-10-11(15)4-3-5-12(10)16)14(21)7-6-13-17-9-18-19-13/h3-5,9H,2,6-8H2,1H3,(H,17,18,19). The Bertz CT molecular complexity index is 581. The van der Waals surface area contributed by atoms with Crippen LogP contribution in [0.15, 0.2) is 24.5 Å². The Labute approximate surface area is 121 Å². The lowest BCUT2D eigenvalue weighted by Gasteiger charge is -2.21. The van der Waals surface area contributed by atoms with E-state index < -0.39 is 11.6 Å². The summed E-state index contributed by atoms with van der Waals surface area (Å²) < 4.78 is 27.2. The van der Waals surface area contributed by atoms with E-state index in [0.29, 0.717) is 18.8 Å². The van der Waals surface area contributed by atoms with Gasteiger partial charge in [0.05, 0.1) is 6.54 Å². The largest absolute Gasteiger partial charge is 0.338 e. The molecule has 0 unspecified atom stereocenters. The van der Waals surface area contributed by atoms with Crippen LogP contribution < -0.4 is 0 Å². The lowest BCUT2D eigenvalue weighted by molar-refractivity contribution is -0.131. The van der Waals surface area contributed by atoms with E-state index in [2.05, 4.69) is 15.2 Å². The van der Waals surface area contributed by atoms with Crippen LogP contribution in [0.1, 0.15) is 24.7 Å². The van der Waals surface area contributed by atoms with Gasteiger partial charge in [-0.05, 0) is 19.1 Å². The summed E-state index contributed by atoms with van der Waals surface area (Å²) in [6.45, 7) is 2.07. The summed E-state index contributed by atoms with van der Waals surface area (Å²) in [6.07, 6.45) is 1.99. The third-order valence-electron chi connectivity index (χ3n) is 3.19. The molecule has 5 nitrogen and oxygen atoms in total. The molecule has 0 spiro atoms. The van der Waals surface area contributed by atoms with Crippen molar-refractivity contribution in [2.75, 3.05) is 6.54 Å². The van der Waals surface area contributed by atoms with Gasteiger partial charge in [-0.15, -0.1) is 0 Å². The molecular formula is C14H16F2N4O. The van der Waals surface area contributed by atoms with E-state index in [0.717, 1.165) is 0 Å². The summed E-state index contributed by atoms with van der Waals surface area (Å²) in [7, 11) is 0. The Balaban J connectivity index is 2.00. The van der Waals surface area contributed by atoms with Gasteiger partial charge in [-0.3, -0.25) is 9.89 Å². The molecule has 0 radical (unpaired) electrons. The number of halogens is 2. The summed E-state index contributed by atoms with van der Waals surface area (Å²) in [5, 5.41) is 6.36. The molecule has 1 amide bonds. The first-order chi connectivity index (χ1) is 10.1. The number of aromatic amines is 1. The molecule has 0 atom stereocenters. The second-order valence-electron chi connectivity index (χ2n) is 4.54. The van der Waals surface area contributed by atoms with Crippen molar-refractivity contribution < 1.29 is 13.6 Å². The monoisotopic (exact) mass is 294 g/mol. The number of aryl methyl sites for hydroxylation is 1. The summed E-state index contributed by atoms with van der Waals surface area (Å²) in [5.74, 6) is -0.860. The summed E-state index contributed by atoms with van der Waals surface area (Å²) in [6, 6.07) is 3.67. The number of rotatable bonds is 6. The highest BCUT2D eigenvalue weighted by atomic mass is 19.1. The van der Waals surface area contributed by atoms with E-state index in [-0.39, 0.29) is 24.4 Å². The number of hydrogen-bond acceptors (Lipinski definition) is 3. The molecule has 0 aliphatic rings. The van der Waals surface area contributed by atoms with E-state index in [1.54, 1.807) is 6.92 Å². The average Bonchev–Trinajstić information content (AvgIpc) is 2.98. The molecule has 0 fully saturated rings. The van der Waals surface area contributed by atoms with Crippen molar-refractivity contribution in [3.8, 4) is 0 Å². The summed E-state index contributed by atoms with van der Waals surface area (Å²) >= 11 is 0. The number of nitrogens with zero attached hydrogens (tertiary/aromatic N) is 3. The molecule has 2 aromatic rings. The fourth-order valence-corrected chi connectivity index (χ4v) is 1.99. The molecule has 21 heavy (non-hydrogen) atoms. The van der Waals surface area contributed by atoms with Crippen molar-refractivity contribution in [3.05, 3.63) is 47.5 Å². The molecule has 0 aliphatic carbocycles. The highest BCUT2D eigenvalue weighted by molar-refractivity contribution is 5.76. The van der Waals surface area contributed by atoms with Crippen molar-refractivity contribution in [1.82, 2.24) is 20.1 Å². The van der Waals surface area contributed by atoms with Crippen molar-refractivity contribution in [1.29, 1.82) is 0 Å². The first kappa shape index (κ1) is 15.1. The van der Waals surface area contributed by atoms with Crippen molar-refractivity contribution in [2.24, 2.45) is 0 Å². The second-order valence-corrected chi connectivity index (χ2v) is 4.54. The van der Waals surface area contributed by atoms with E-state index in [1.165, 1.54) is 29.4 Å². The predicted molar refractivity (Wildman–Crippen MR) is 72.2 cm³/mol. The molecule has 0 saturated carbocycles. The van der Waals surface area contributed by atoms with Crippen LogP contribution in [0.5, 0.6) is 0 Å². The number of H-pyrrole nitrogens is 1. The number of carbonyl (C=O) groups is 1. The number of nitrogens with one attached hydrogen (secondary N) is 1. The Morgan fingerprint density at radius 2 is 2.05 bits per heavy atom. The molecule has 1 aromatic carbocycles. The smallest absolute Gasteiger partial charge is 0.223 e. The summed E-state index contributed by atoms with van der Waals surface area (Å²) in [5.41, 5.74) is -0.0904.